The van der Waals surface area contributed by atoms with Crippen LogP contribution in [-0.2, 0) is 6.54 Å². The maximum absolute atomic E-state index is 12.0. The predicted octanol–water partition coefficient (Wildman–Crippen LogP) is 1.84. The summed E-state index contributed by atoms with van der Waals surface area (Å²) in [6.07, 6.45) is 3.19. The molecule has 1 N–H and O–H groups in total. The first-order valence-electron chi connectivity index (χ1n) is 5.07. The number of hydrogen-bond acceptors (Lipinski definition) is 3. The largest absolute Gasteiger partial charge is 0.507 e. The van der Waals surface area contributed by atoms with E-state index in [-0.39, 0.29) is 11.5 Å². The van der Waals surface area contributed by atoms with Crippen molar-refractivity contribution in [3.63, 3.8) is 0 Å². The van der Waals surface area contributed by atoms with Crippen molar-refractivity contribution in [1.29, 1.82) is 0 Å². The van der Waals surface area contributed by atoms with Crippen molar-refractivity contribution in [3.8, 4) is 5.75 Å². The standard InChI is InChI=1S/C12H12N2O2/c1-2-14-8-9(7-13-14)12(16)10-5-3-4-6-11(10)15/h3-8,15H,2H2,1H3. The Bertz CT molecular complexity index is 517. The number of phenolic OH excluding ortho intramolecular Hbond substituents is 1. The van der Waals surface area contributed by atoms with Gasteiger partial charge in [-0.3, -0.25) is 9.48 Å². The first-order valence-corrected chi connectivity index (χ1v) is 5.07. The third kappa shape index (κ3) is 1.82. The number of benzene rings is 1. The molecule has 4 heteroatoms. The van der Waals surface area contributed by atoms with Crippen LogP contribution < -0.4 is 0 Å². The number of carbonyl (C=O) groups is 1. The molecule has 82 valence electrons. The summed E-state index contributed by atoms with van der Waals surface area (Å²) in [4.78, 5) is 12.0. The molecule has 4 nitrogen and oxygen atoms in total. The van der Waals surface area contributed by atoms with Crippen LogP contribution in [0.5, 0.6) is 5.75 Å². The number of rotatable bonds is 3. The van der Waals surface area contributed by atoms with E-state index < -0.39 is 0 Å². The van der Waals surface area contributed by atoms with Crippen molar-refractivity contribution >= 4 is 5.78 Å². The van der Waals surface area contributed by atoms with Gasteiger partial charge in [0.15, 0.2) is 5.78 Å². The molecule has 2 rings (SSSR count). The van der Waals surface area contributed by atoms with Crippen molar-refractivity contribution in [2.45, 2.75) is 13.5 Å². The molecule has 0 radical (unpaired) electrons. The lowest BCUT2D eigenvalue weighted by atomic mass is 10.1. The van der Waals surface area contributed by atoms with E-state index in [4.69, 9.17) is 0 Å². The molecule has 0 atom stereocenters. The fraction of sp³-hybridized carbons (Fsp3) is 0.167. The quantitative estimate of drug-likeness (QED) is 0.796. The smallest absolute Gasteiger partial charge is 0.199 e. The summed E-state index contributed by atoms with van der Waals surface area (Å²) in [5.74, 6) is -0.213. The van der Waals surface area contributed by atoms with Crippen LogP contribution in [0, 0.1) is 0 Å². The third-order valence-corrected chi connectivity index (χ3v) is 2.37. The van der Waals surface area contributed by atoms with Crippen molar-refractivity contribution < 1.29 is 9.90 Å². The van der Waals surface area contributed by atoms with Crippen molar-refractivity contribution in [2.24, 2.45) is 0 Å². The lowest BCUT2D eigenvalue weighted by molar-refractivity contribution is 0.103. The van der Waals surface area contributed by atoms with Crippen LogP contribution in [0.25, 0.3) is 0 Å². The molecule has 0 saturated carbocycles. The minimum absolute atomic E-state index is 0.00301. The van der Waals surface area contributed by atoms with Gasteiger partial charge in [-0.15, -0.1) is 0 Å². The topological polar surface area (TPSA) is 55.1 Å². The second-order valence-electron chi connectivity index (χ2n) is 3.43. The van der Waals surface area contributed by atoms with Crippen LogP contribution in [0.2, 0.25) is 0 Å². The summed E-state index contributed by atoms with van der Waals surface area (Å²) in [6.45, 7) is 2.66. The fourth-order valence-electron chi connectivity index (χ4n) is 1.47. The van der Waals surface area contributed by atoms with Gasteiger partial charge in [0.05, 0.1) is 17.3 Å². The number of phenols is 1. The number of aryl methyl sites for hydroxylation is 1. The Morgan fingerprint density at radius 3 is 2.81 bits per heavy atom. The van der Waals surface area contributed by atoms with Gasteiger partial charge >= 0.3 is 0 Å². The number of para-hydroxylation sites is 1. The van der Waals surface area contributed by atoms with Crippen LogP contribution in [0.3, 0.4) is 0 Å². The van der Waals surface area contributed by atoms with E-state index in [2.05, 4.69) is 5.10 Å². The molecule has 1 aromatic heterocycles. The summed E-state index contributed by atoms with van der Waals surface area (Å²) >= 11 is 0. The summed E-state index contributed by atoms with van der Waals surface area (Å²) < 4.78 is 1.67. The van der Waals surface area contributed by atoms with Gasteiger partial charge in [0.2, 0.25) is 0 Å². The highest BCUT2D eigenvalue weighted by molar-refractivity contribution is 6.10. The molecule has 0 aliphatic heterocycles. The molecular weight excluding hydrogens is 204 g/mol. The zero-order valence-electron chi connectivity index (χ0n) is 8.92. The number of hydrogen-bond donors (Lipinski definition) is 1. The number of aromatic hydroxyl groups is 1. The molecule has 0 amide bonds. The SMILES string of the molecule is CCn1cc(C(=O)c2ccccc2O)cn1. The molecule has 0 saturated heterocycles. The second kappa shape index (κ2) is 4.18. The number of aromatic nitrogens is 2. The maximum Gasteiger partial charge on any atom is 0.199 e. The first kappa shape index (κ1) is 10.4. The van der Waals surface area contributed by atoms with Gasteiger partial charge in [0.25, 0.3) is 0 Å². The lowest BCUT2D eigenvalue weighted by Gasteiger charge is -2.00. The summed E-state index contributed by atoms with van der Waals surface area (Å²) in [7, 11) is 0. The van der Waals surface area contributed by atoms with Crippen LogP contribution in [0.4, 0.5) is 0 Å². The Morgan fingerprint density at radius 2 is 2.19 bits per heavy atom. The van der Waals surface area contributed by atoms with Gasteiger partial charge in [0, 0.05) is 12.7 Å². The van der Waals surface area contributed by atoms with Crippen LogP contribution in [0.1, 0.15) is 22.8 Å². The molecule has 1 heterocycles. The minimum Gasteiger partial charge on any atom is -0.507 e. The zero-order chi connectivity index (χ0) is 11.5. The molecule has 0 unspecified atom stereocenters. The zero-order valence-corrected chi connectivity index (χ0v) is 8.92. The van der Waals surface area contributed by atoms with E-state index in [0.717, 1.165) is 0 Å². The summed E-state index contributed by atoms with van der Waals surface area (Å²) in [5.41, 5.74) is 0.793. The summed E-state index contributed by atoms with van der Waals surface area (Å²) in [6, 6.07) is 6.50. The van der Waals surface area contributed by atoms with E-state index in [1.165, 1.54) is 12.3 Å². The van der Waals surface area contributed by atoms with Gasteiger partial charge in [-0.2, -0.15) is 5.10 Å². The molecule has 0 fully saturated rings. The Balaban J connectivity index is 2.35. The summed E-state index contributed by atoms with van der Waals surface area (Å²) in [5, 5.41) is 13.6. The van der Waals surface area contributed by atoms with Gasteiger partial charge in [-0.1, -0.05) is 12.1 Å². The van der Waals surface area contributed by atoms with Crippen molar-refractivity contribution in [3.05, 3.63) is 47.8 Å². The van der Waals surface area contributed by atoms with Crippen LogP contribution in [-0.4, -0.2) is 20.7 Å². The maximum atomic E-state index is 12.0. The highest BCUT2D eigenvalue weighted by atomic mass is 16.3. The monoisotopic (exact) mass is 216 g/mol. The molecule has 1 aromatic carbocycles. The Kier molecular flexibility index (Phi) is 2.72. The van der Waals surface area contributed by atoms with Gasteiger partial charge in [0.1, 0.15) is 5.75 Å². The number of carbonyl (C=O) groups excluding carboxylic acids is 1. The first-order chi connectivity index (χ1) is 7.72. The minimum atomic E-state index is -0.210. The molecule has 16 heavy (non-hydrogen) atoms. The predicted molar refractivity (Wildman–Crippen MR) is 59.4 cm³/mol. The molecule has 0 aliphatic carbocycles. The second-order valence-corrected chi connectivity index (χ2v) is 3.43. The highest BCUT2D eigenvalue weighted by Gasteiger charge is 2.14. The van der Waals surface area contributed by atoms with Gasteiger partial charge in [-0.25, -0.2) is 0 Å². The highest BCUT2D eigenvalue weighted by Crippen LogP contribution is 2.19. The van der Waals surface area contributed by atoms with E-state index in [9.17, 15) is 9.90 Å². The normalized spacial score (nSPS) is 10.3. The Labute approximate surface area is 93.1 Å². The van der Waals surface area contributed by atoms with E-state index in [1.807, 2.05) is 6.92 Å². The molecule has 0 aliphatic rings. The molecule has 2 aromatic rings. The van der Waals surface area contributed by atoms with Crippen LogP contribution >= 0.6 is 0 Å². The van der Waals surface area contributed by atoms with Gasteiger partial charge in [-0.05, 0) is 19.1 Å². The van der Waals surface area contributed by atoms with Crippen LogP contribution in [0.15, 0.2) is 36.7 Å². The Hall–Kier alpha value is -2.10. The van der Waals surface area contributed by atoms with Gasteiger partial charge < -0.3 is 5.11 Å². The van der Waals surface area contributed by atoms with Crippen molar-refractivity contribution in [1.82, 2.24) is 9.78 Å². The number of ketones is 1. The fourth-order valence-corrected chi connectivity index (χ4v) is 1.47. The molecule has 0 bridgehead atoms. The average molecular weight is 216 g/mol. The molecule has 0 spiro atoms. The average Bonchev–Trinajstić information content (AvgIpc) is 2.77. The van der Waals surface area contributed by atoms with E-state index in [0.29, 0.717) is 17.7 Å². The third-order valence-electron chi connectivity index (χ3n) is 2.37. The Morgan fingerprint density at radius 1 is 1.44 bits per heavy atom. The number of nitrogens with zero attached hydrogens (tertiary/aromatic N) is 2. The van der Waals surface area contributed by atoms with E-state index >= 15 is 0 Å². The molecular formula is C12H12N2O2. The lowest BCUT2D eigenvalue weighted by Crippen LogP contribution is -2.00. The van der Waals surface area contributed by atoms with E-state index in [1.54, 1.807) is 29.1 Å². The van der Waals surface area contributed by atoms with Crippen molar-refractivity contribution in [2.75, 3.05) is 0 Å².